The fraction of sp³-hybridized carbons (Fsp3) is 0.647. The molecule has 1 aliphatic carbocycles. The second kappa shape index (κ2) is 7.37. The molecule has 0 radical (unpaired) electrons. The van der Waals surface area contributed by atoms with Crippen LogP contribution in [0.5, 0.6) is 0 Å². The van der Waals surface area contributed by atoms with Crippen LogP contribution in [0.15, 0.2) is 24.3 Å². The van der Waals surface area contributed by atoms with Crippen molar-refractivity contribution in [3.05, 3.63) is 35.4 Å². The monoisotopic (exact) mass is 293 g/mol. The second-order valence-corrected chi connectivity index (χ2v) is 7.82. The SMILES string of the molecule is CCCNC1c2ccccc2CCC1S(=O)C(C)CC. The Morgan fingerprint density at radius 2 is 2.10 bits per heavy atom. The maximum absolute atomic E-state index is 12.8. The first-order valence-electron chi connectivity index (χ1n) is 7.89. The predicted molar refractivity (Wildman–Crippen MR) is 87.5 cm³/mol. The van der Waals surface area contributed by atoms with E-state index in [1.54, 1.807) is 0 Å². The molecule has 0 fully saturated rings. The Kier molecular flexibility index (Phi) is 5.79. The van der Waals surface area contributed by atoms with Crippen molar-refractivity contribution in [1.82, 2.24) is 5.32 Å². The number of aryl methyl sites for hydroxylation is 1. The minimum atomic E-state index is -0.755. The molecule has 1 N–H and O–H groups in total. The first-order valence-corrected chi connectivity index (χ1v) is 9.17. The van der Waals surface area contributed by atoms with Crippen LogP contribution in [-0.2, 0) is 17.2 Å². The van der Waals surface area contributed by atoms with E-state index in [0.717, 1.165) is 32.2 Å². The van der Waals surface area contributed by atoms with Gasteiger partial charge in [-0.1, -0.05) is 45.0 Å². The van der Waals surface area contributed by atoms with E-state index in [1.165, 1.54) is 11.1 Å². The standard InChI is InChI=1S/C17H27NOS/c1-4-12-18-17-15-9-7-6-8-14(15)10-11-16(17)20(19)13(3)5-2/h6-9,13,16-18H,4-5,10-12H2,1-3H3. The highest BCUT2D eigenvalue weighted by Crippen LogP contribution is 2.34. The minimum Gasteiger partial charge on any atom is -0.309 e. The van der Waals surface area contributed by atoms with Crippen LogP contribution in [0.2, 0.25) is 0 Å². The van der Waals surface area contributed by atoms with E-state index in [1.807, 2.05) is 0 Å². The Labute approximate surface area is 125 Å². The largest absolute Gasteiger partial charge is 0.309 e. The lowest BCUT2D eigenvalue weighted by Crippen LogP contribution is -2.41. The Bertz CT molecular complexity index is 460. The molecule has 0 bridgehead atoms. The molecular weight excluding hydrogens is 266 g/mol. The number of rotatable bonds is 6. The van der Waals surface area contributed by atoms with Crippen molar-refractivity contribution in [3.8, 4) is 0 Å². The molecule has 112 valence electrons. The number of hydrogen-bond donors (Lipinski definition) is 1. The summed E-state index contributed by atoms with van der Waals surface area (Å²) in [7, 11) is -0.755. The highest BCUT2D eigenvalue weighted by atomic mass is 32.2. The zero-order valence-corrected chi connectivity index (χ0v) is 13.7. The number of nitrogens with one attached hydrogen (secondary N) is 1. The van der Waals surface area contributed by atoms with Crippen molar-refractivity contribution >= 4 is 10.8 Å². The van der Waals surface area contributed by atoms with Gasteiger partial charge in [-0.15, -0.1) is 0 Å². The van der Waals surface area contributed by atoms with E-state index in [0.29, 0.717) is 0 Å². The van der Waals surface area contributed by atoms with Crippen LogP contribution in [0.25, 0.3) is 0 Å². The van der Waals surface area contributed by atoms with Crippen LogP contribution in [0, 0.1) is 0 Å². The molecule has 1 aromatic rings. The quantitative estimate of drug-likeness (QED) is 0.868. The maximum atomic E-state index is 12.8. The third-order valence-corrected chi connectivity index (χ3v) is 6.58. The first-order chi connectivity index (χ1) is 9.69. The molecule has 4 atom stereocenters. The van der Waals surface area contributed by atoms with Crippen molar-refractivity contribution in [1.29, 1.82) is 0 Å². The molecule has 1 aromatic carbocycles. The Morgan fingerprint density at radius 1 is 1.35 bits per heavy atom. The minimum absolute atomic E-state index is 0.256. The summed E-state index contributed by atoms with van der Waals surface area (Å²) in [5.41, 5.74) is 2.80. The smallest absolute Gasteiger partial charge is 0.0548 e. The third kappa shape index (κ3) is 3.32. The van der Waals surface area contributed by atoms with Gasteiger partial charge in [-0.05, 0) is 43.4 Å². The lowest BCUT2D eigenvalue weighted by atomic mass is 9.87. The van der Waals surface area contributed by atoms with Gasteiger partial charge in [0.05, 0.1) is 5.25 Å². The van der Waals surface area contributed by atoms with Gasteiger partial charge in [0.2, 0.25) is 0 Å². The fourth-order valence-corrected chi connectivity index (χ4v) is 4.77. The van der Waals surface area contributed by atoms with E-state index in [9.17, 15) is 4.21 Å². The molecule has 2 nitrogen and oxygen atoms in total. The van der Waals surface area contributed by atoms with E-state index in [4.69, 9.17) is 0 Å². The predicted octanol–water partition coefficient (Wildman–Crippen LogP) is 3.59. The van der Waals surface area contributed by atoms with Crippen LogP contribution in [0.4, 0.5) is 0 Å². The molecule has 4 unspecified atom stereocenters. The summed E-state index contributed by atoms with van der Waals surface area (Å²) in [5, 5.41) is 4.19. The molecule has 0 amide bonds. The van der Waals surface area contributed by atoms with Gasteiger partial charge in [-0.25, -0.2) is 0 Å². The van der Waals surface area contributed by atoms with Gasteiger partial charge in [0.1, 0.15) is 0 Å². The lowest BCUT2D eigenvalue weighted by molar-refractivity contribution is 0.461. The number of fused-ring (bicyclic) bond motifs is 1. The van der Waals surface area contributed by atoms with E-state index in [2.05, 4.69) is 50.4 Å². The summed E-state index contributed by atoms with van der Waals surface area (Å²) in [6, 6.07) is 8.91. The van der Waals surface area contributed by atoms with Gasteiger partial charge in [0, 0.05) is 22.1 Å². The van der Waals surface area contributed by atoms with Crippen molar-refractivity contribution < 1.29 is 4.21 Å². The van der Waals surface area contributed by atoms with Gasteiger partial charge < -0.3 is 5.32 Å². The molecular formula is C17H27NOS. The summed E-state index contributed by atoms with van der Waals surface area (Å²) in [6.07, 6.45) is 4.20. The van der Waals surface area contributed by atoms with Crippen LogP contribution in [0.1, 0.15) is 57.2 Å². The molecule has 20 heavy (non-hydrogen) atoms. The Morgan fingerprint density at radius 3 is 2.80 bits per heavy atom. The van der Waals surface area contributed by atoms with E-state index < -0.39 is 10.8 Å². The van der Waals surface area contributed by atoms with Crippen LogP contribution >= 0.6 is 0 Å². The highest BCUT2D eigenvalue weighted by molar-refractivity contribution is 7.86. The summed E-state index contributed by atoms with van der Waals surface area (Å²) >= 11 is 0. The second-order valence-electron chi connectivity index (χ2n) is 5.76. The van der Waals surface area contributed by atoms with Crippen molar-refractivity contribution in [2.75, 3.05) is 6.54 Å². The molecule has 0 aromatic heterocycles. The summed E-state index contributed by atoms with van der Waals surface area (Å²) in [5.74, 6) is 0. The van der Waals surface area contributed by atoms with Crippen LogP contribution in [-0.4, -0.2) is 21.3 Å². The molecule has 1 aliphatic rings. The number of hydrogen-bond acceptors (Lipinski definition) is 2. The Hall–Kier alpha value is -0.670. The summed E-state index contributed by atoms with van der Waals surface area (Å²) in [6.45, 7) is 7.43. The van der Waals surface area contributed by atoms with Crippen LogP contribution < -0.4 is 5.32 Å². The molecule has 0 saturated carbocycles. The maximum Gasteiger partial charge on any atom is 0.0548 e. The summed E-state index contributed by atoms with van der Waals surface area (Å²) in [4.78, 5) is 0. The number of benzene rings is 1. The molecule has 3 heteroatoms. The van der Waals surface area contributed by atoms with Gasteiger partial charge in [-0.3, -0.25) is 4.21 Å². The Balaban J connectivity index is 2.26. The van der Waals surface area contributed by atoms with Gasteiger partial charge in [0.25, 0.3) is 0 Å². The molecule has 2 rings (SSSR count). The lowest BCUT2D eigenvalue weighted by Gasteiger charge is -2.35. The molecule has 0 saturated heterocycles. The fourth-order valence-electron chi connectivity index (χ4n) is 2.98. The normalized spacial score (nSPS) is 24.9. The zero-order valence-electron chi connectivity index (χ0n) is 12.9. The zero-order chi connectivity index (χ0) is 14.5. The molecule has 0 aliphatic heterocycles. The van der Waals surface area contributed by atoms with Crippen molar-refractivity contribution in [2.45, 2.75) is 63.0 Å². The van der Waals surface area contributed by atoms with E-state index >= 15 is 0 Å². The third-order valence-electron chi connectivity index (χ3n) is 4.34. The average molecular weight is 293 g/mol. The van der Waals surface area contributed by atoms with Crippen molar-refractivity contribution in [2.24, 2.45) is 0 Å². The molecule has 0 heterocycles. The van der Waals surface area contributed by atoms with Gasteiger partial charge in [0.15, 0.2) is 0 Å². The van der Waals surface area contributed by atoms with Crippen molar-refractivity contribution in [3.63, 3.8) is 0 Å². The molecule has 0 spiro atoms. The topological polar surface area (TPSA) is 29.1 Å². The van der Waals surface area contributed by atoms with Crippen LogP contribution in [0.3, 0.4) is 0 Å². The summed E-state index contributed by atoms with van der Waals surface area (Å²) < 4.78 is 12.8. The van der Waals surface area contributed by atoms with Gasteiger partial charge in [-0.2, -0.15) is 0 Å². The van der Waals surface area contributed by atoms with E-state index in [-0.39, 0.29) is 16.5 Å². The van der Waals surface area contributed by atoms with Gasteiger partial charge >= 0.3 is 0 Å². The first kappa shape index (κ1) is 15.7. The highest BCUT2D eigenvalue weighted by Gasteiger charge is 2.34. The average Bonchev–Trinajstić information content (AvgIpc) is 2.50.